The highest BCUT2D eigenvalue weighted by Gasteiger charge is 2.19. The monoisotopic (exact) mass is 316 g/mol. The molecule has 0 saturated heterocycles. The van der Waals surface area contributed by atoms with Crippen molar-refractivity contribution in [2.75, 3.05) is 0 Å². The van der Waals surface area contributed by atoms with Crippen LogP contribution in [-0.4, -0.2) is 18.4 Å². The molecule has 0 N–H and O–H groups in total. The molecule has 0 saturated carbocycles. The summed E-state index contributed by atoms with van der Waals surface area (Å²) in [5.41, 5.74) is 3.25. The zero-order valence-electron chi connectivity index (χ0n) is 14.5. The fourth-order valence-electron chi connectivity index (χ4n) is 2.38. The van der Waals surface area contributed by atoms with Crippen molar-refractivity contribution in [3.8, 4) is 0 Å². The van der Waals surface area contributed by atoms with Gasteiger partial charge in [-0.3, -0.25) is 4.79 Å². The molecule has 0 fully saturated rings. The molecule has 0 aliphatic heterocycles. The van der Waals surface area contributed by atoms with Gasteiger partial charge in [-0.15, -0.1) is 6.58 Å². The number of ether oxygens (including phenoxy) is 2. The lowest BCUT2D eigenvalue weighted by Crippen LogP contribution is -2.27. The van der Waals surface area contributed by atoms with Crippen molar-refractivity contribution in [3.05, 3.63) is 60.2 Å². The summed E-state index contributed by atoms with van der Waals surface area (Å²) in [5, 5.41) is 0. The first-order valence-corrected chi connectivity index (χ1v) is 8.02. The molecule has 0 aliphatic carbocycles. The second-order valence-corrected chi connectivity index (χ2v) is 6.14. The molecular weight excluding hydrogens is 288 g/mol. The Morgan fingerprint density at radius 3 is 2.17 bits per heavy atom. The van der Waals surface area contributed by atoms with Crippen LogP contribution in [0.3, 0.4) is 0 Å². The maximum absolute atomic E-state index is 11.3. The van der Waals surface area contributed by atoms with E-state index in [1.54, 1.807) is 0 Å². The molecule has 0 bridgehead atoms. The number of benzene rings is 1. The maximum Gasteiger partial charge on any atom is 0.304 e. The molecule has 3 nitrogen and oxygen atoms in total. The van der Waals surface area contributed by atoms with Crippen LogP contribution in [0.1, 0.15) is 45.6 Å². The molecule has 0 aliphatic rings. The molecule has 0 heterocycles. The van der Waals surface area contributed by atoms with Gasteiger partial charge in [-0.05, 0) is 38.7 Å². The average Bonchev–Trinajstić information content (AvgIpc) is 2.44. The van der Waals surface area contributed by atoms with E-state index in [9.17, 15) is 4.79 Å². The van der Waals surface area contributed by atoms with Gasteiger partial charge in [-0.25, -0.2) is 0 Å². The largest absolute Gasteiger partial charge is 0.436 e. The summed E-state index contributed by atoms with van der Waals surface area (Å²) in [6, 6.07) is 10.3. The van der Waals surface area contributed by atoms with Crippen LogP contribution in [0.15, 0.2) is 54.6 Å². The lowest BCUT2D eigenvalue weighted by Gasteiger charge is -2.25. The van der Waals surface area contributed by atoms with E-state index in [0.717, 1.165) is 30.4 Å². The second kappa shape index (κ2) is 10.0. The molecule has 0 spiro atoms. The summed E-state index contributed by atoms with van der Waals surface area (Å²) in [6.07, 6.45) is 2.42. The minimum atomic E-state index is -0.579. The van der Waals surface area contributed by atoms with E-state index >= 15 is 0 Å². The molecule has 1 aromatic rings. The topological polar surface area (TPSA) is 35.5 Å². The van der Waals surface area contributed by atoms with Crippen molar-refractivity contribution >= 4 is 5.97 Å². The third-order valence-electron chi connectivity index (χ3n) is 3.33. The van der Waals surface area contributed by atoms with Crippen LogP contribution in [0.5, 0.6) is 0 Å². The first-order valence-electron chi connectivity index (χ1n) is 8.02. The molecule has 1 rings (SSSR count). The Kier molecular flexibility index (Phi) is 8.35. The number of hydrogen-bond donors (Lipinski definition) is 0. The summed E-state index contributed by atoms with van der Waals surface area (Å²) >= 11 is 0. The number of carbonyl (C=O) groups excluding carboxylic acids is 1. The van der Waals surface area contributed by atoms with Crippen LogP contribution in [0.25, 0.3) is 0 Å². The van der Waals surface area contributed by atoms with E-state index in [-0.39, 0.29) is 12.1 Å². The van der Waals surface area contributed by atoms with Gasteiger partial charge in [0.1, 0.15) is 0 Å². The number of carbonyl (C=O) groups is 1. The van der Waals surface area contributed by atoms with E-state index in [1.807, 2.05) is 32.0 Å². The minimum absolute atomic E-state index is 0.0311. The average molecular weight is 316 g/mol. The number of aryl methyl sites for hydroxylation is 1. The molecule has 1 aromatic carbocycles. The zero-order valence-corrected chi connectivity index (χ0v) is 14.5. The summed E-state index contributed by atoms with van der Waals surface area (Å²) in [5.74, 6) is -0.339. The molecule has 1 unspecified atom stereocenters. The van der Waals surface area contributed by atoms with E-state index in [2.05, 4.69) is 25.3 Å². The first-order chi connectivity index (χ1) is 10.9. The molecule has 3 heteroatoms. The summed E-state index contributed by atoms with van der Waals surface area (Å²) in [4.78, 5) is 11.3. The fourth-order valence-corrected chi connectivity index (χ4v) is 2.38. The Balaban J connectivity index is 2.68. The predicted molar refractivity (Wildman–Crippen MR) is 94.1 cm³/mol. The van der Waals surface area contributed by atoms with Crippen LogP contribution < -0.4 is 0 Å². The zero-order chi connectivity index (χ0) is 17.2. The number of rotatable bonds is 10. The van der Waals surface area contributed by atoms with Gasteiger partial charge in [0.25, 0.3) is 0 Å². The molecule has 126 valence electrons. The molecule has 2 atom stereocenters. The van der Waals surface area contributed by atoms with Crippen molar-refractivity contribution in [2.24, 2.45) is 0 Å². The number of esters is 1. The van der Waals surface area contributed by atoms with Crippen LogP contribution in [0, 0.1) is 0 Å². The molecule has 0 radical (unpaired) electrons. The van der Waals surface area contributed by atoms with Gasteiger partial charge in [-0.2, -0.15) is 0 Å². The van der Waals surface area contributed by atoms with Gasteiger partial charge in [0.15, 0.2) is 0 Å². The molecule has 0 aromatic heterocycles. The third-order valence-corrected chi connectivity index (χ3v) is 3.33. The first kappa shape index (κ1) is 19.2. The summed E-state index contributed by atoms with van der Waals surface area (Å²) in [6.45, 7) is 13.1. The quantitative estimate of drug-likeness (QED) is 0.352. The molecular formula is C20H28O3. The van der Waals surface area contributed by atoms with Crippen molar-refractivity contribution in [2.45, 2.75) is 58.8 Å². The Morgan fingerprint density at radius 2 is 1.65 bits per heavy atom. The van der Waals surface area contributed by atoms with Gasteiger partial charge >= 0.3 is 5.97 Å². The SMILES string of the molecule is C=C(C)CC(OC(C)=O)O[C@@H](CCc1ccccc1)CC(=C)C. The second-order valence-electron chi connectivity index (χ2n) is 6.14. The van der Waals surface area contributed by atoms with Gasteiger partial charge in [0, 0.05) is 13.3 Å². The Labute approximate surface area is 140 Å². The lowest BCUT2D eigenvalue weighted by molar-refractivity contribution is -0.187. The highest BCUT2D eigenvalue weighted by Crippen LogP contribution is 2.19. The number of hydrogen-bond acceptors (Lipinski definition) is 3. The van der Waals surface area contributed by atoms with Gasteiger partial charge in [0.05, 0.1) is 6.10 Å². The Morgan fingerprint density at radius 1 is 1.04 bits per heavy atom. The van der Waals surface area contributed by atoms with E-state index < -0.39 is 6.29 Å². The van der Waals surface area contributed by atoms with Crippen LogP contribution in [0.4, 0.5) is 0 Å². The van der Waals surface area contributed by atoms with Crippen molar-refractivity contribution in [1.82, 2.24) is 0 Å². The van der Waals surface area contributed by atoms with E-state index in [1.165, 1.54) is 12.5 Å². The molecule has 23 heavy (non-hydrogen) atoms. The van der Waals surface area contributed by atoms with Crippen LogP contribution in [-0.2, 0) is 20.7 Å². The van der Waals surface area contributed by atoms with Crippen LogP contribution >= 0.6 is 0 Å². The molecule has 0 amide bonds. The summed E-state index contributed by atoms with van der Waals surface area (Å²) in [7, 11) is 0. The van der Waals surface area contributed by atoms with Crippen molar-refractivity contribution < 1.29 is 14.3 Å². The third kappa shape index (κ3) is 8.99. The lowest BCUT2D eigenvalue weighted by atomic mass is 10.0. The van der Waals surface area contributed by atoms with Gasteiger partial charge in [0.2, 0.25) is 6.29 Å². The van der Waals surface area contributed by atoms with Gasteiger partial charge < -0.3 is 9.47 Å². The predicted octanol–water partition coefficient (Wildman–Crippen LogP) is 4.83. The fraction of sp³-hybridized carbons (Fsp3) is 0.450. The smallest absolute Gasteiger partial charge is 0.304 e. The minimum Gasteiger partial charge on any atom is -0.436 e. The van der Waals surface area contributed by atoms with Crippen molar-refractivity contribution in [3.63, 3.8) is 0 Å². The van der Waals surface area contributed by atoms with Crippen LogP contribution in [0.2, 0.25) is 0 Å². The standard InChI is InChI=1S/C20H28O3/c1-15(2)13-19(12-11-18-9-7-6-8-10-18)23-20(14-16(3)4)22-17(5)21/h6-10,19-20H,1,3,11-14H2,2,4-5H3/t19-,20?/m0/s1. The van der Waals surface area contributed by atoms with Crippen molar-refractivity contribution in [1.29, 1.82) is 0 Å². The van der Waals surface area contributed by atoms with Gasteiger partial charge in [-0.1, -0.05) is 48.1 Å². The normalized spacial score (nSPS) is 13.2. The highest BCUT2D eigenvalue weighted by atomic mass is 16.7. The summed E-state index contributed by atoms with van der Waals surface area (Å²) < 4.78 is 11.3. The van der Waals surface area contributed by atoms with E-state index in [4.69, 9.17) is 9.47 Å². The van der Waals surface area contributed by atoms with E-state index in [0.29, 0.717) is 6.42 Å². The highest BCUT2D eigenvalue weighted by molar-refractivity contribution is 5.66. The maximum atomic E-state index is 11.3. The Hall–Kier alpha value is -1.87. The Bertz CT molecular complexity index is 503.